The van der Waals surface area contributed by atoms with Crippen molar-refractivity contribution >= 4 is 23.9 Å². The Balaban J connectivity index is 0. The normalized spacial score (nSPS) is 10.2. The molecule has 0 amide bonds. The maximum atomic E-state index is 10.4. The van der Waals surface area contributed by atoms with E-state index in [4.69, 9.17) is 0 Å². The van der Waals surface area contributed by atoms with E-state index in [1.54, 1.807) is 0 Å². The molecule has 0 radical (unpaired) electrons. The van der Waals surface area contributed by atoms with Gasteiger partial charge in [0.25, 0.3) is 0 Å². The average molecular weight is 395 g/mol. The molecule has 21 heavy (non-hydrogen) atoms. The Morgan fingerprint density at radius 3 is 0.905 bits per heavy atom. The first-order chi connectivity index (χ1) is 9.20. The van der Waals surface area contributed by atoms with E-state index < -0.39 is 50.1 Å². The standard InChI is InChI=1S/C10H16N2O8.Pd/c13-7(14)3-11(4-8(15)16)1-2-12(5-9(17)18)6-10(19)20;/h1-6H2,(H,13,14)(H,15,16)(H,17,18)(H,19,20);/q;+2/p-4. The summed E-state index contributed by atoms with van der Waals surface area (Å²) in [6.07, 6.45) is 0. The quantitative estimate of drug-likeness (QED) is 0.307. The van der Waals surface area contributed by atoms with Gasteiger partial charge in [-0.15, -0.1) is 0 Å². The first kappa shape index (κ1) is 21.8. The fourth-order valence-corrected chi connectivity index (χ4v) is 1.44. The Hall–Kier alpha value is -1.54. The second kappa shape index (κ2) is 11.2. The minimum Gasteiger partial charge on any atom is -0.549 e. The van der Waals surface area contributed by atoms with Crippen LogP contribution < -0.4 is 20.4 Å². The molecule has 0 rings (SSSR count). The molecule has 0 unspecified atom stereocenters. The smallest absolute Gasteiger partial charge is 0.549 e. The van der Waals surface area contributed by atoms with Crippen molar-refractivity contribution in [2.45, 2.75) is 0 Å². The number of carboxylic acid groups (broad SMARTS) is 4. The van der Waals surface area contributed by atoms with Crippen LogP contribution in [0.2, 0.25) is 0 Å². The first-order valence-corrected chi connectivity index (χ1v) is 5.44. The third-order valence-corrected chi connectivity index (χ3v) is 2.14. The Kier molecular flexibility index (Phi) is 11.6. The van der Waals surface area contributed by atoms with Crippen LogP contribution in [-0.2, 0) is 39.6 Å². The summed E-state index contributed by atoms with van der Waals surface area (Å²) in [6, 6.07) is 0. The molecule has 0 saturated carbocycles. The van der Waals surface area contributed by atoms with Crippen molar-refractivity contribution < 1.29 is 60.0 Å². The van der Waals surface area contributed by atoms with Gasteiger partial charge in [0.05, 0.1) is 23.9 Å². The van der Waals surface area contributed by atoms with Gasteiger partial charge in [-0.3, -0.25) is 9.80 Å². The third kappa shape index (κ3) is 13.2. The molecular weight excluding hydrogens is 383 g/mol. The van der Waals surface area contributed by atoms with Crippen LogP contribution in [0.4, 0.5) is 0 Å². The second-order valence-corrected chi connectivity index (χ2v) is 3.91. The van der Waals surface area contributed by atoms with Crippen LogP contribution in [0, 0.1) is 0 Å². The summed E-state index contributed by atoms with van der Waals surface area (Å²) < 4.78 is 0. The van der Waals surface area contributed by atoms with Gasteiger partial charge in [0.1, 0.15) is 0 Å². The van der Waals surface area contributed by atoms with E-state index in [2.05, 4.69) is 0 Å². The van der Waals surface area contributed by atoms with E-state index in [9.17, 15) is 39.6 Å². The molecule has 0 bridgehead atoms. The Bertz CT molecular complexity index is 321. The van der Waals surface area contributed by atoms with Crippen molar-refractivity contribution in [3.63, 3.8) is 0 Å². The zero-order valence-corrected chi connectivity index (χ0v) is 12.3. The van der Waals surface area contributed by atoms with Gasteiger partial charge in [0.2, 0.25) is 0 Å². The molecule has 10 nitrogen and oxygen atoms in total. The Morgan fingerprint density at radius 1 is 0.571 bits per heavy atom. The topological polar surface area (TPSA) is 167 Å². The fourth-order valence-electron chi connectivity index (χ4n) is 1.44. The van der Waals surface area contributed by atoms with Crippen LogP contribution in [0.15, 0.2) is 0 Å². The van der Waals surface area contributed by atoms with E-state index in [-0.39, 0.29) is 33.5 Å². The van der Waals surface area contributed by atoms with Crippen molar-refractivity contribution in [2.24, 2.45) is 0 Å². The molecule has 122 valence electrons. The Labute approximate surface area is 133 Å². The molecular formula is C10H12N2O8Pd-2. The van der Waals surface area contributed by atoms with Gasteiger partial charge in [-0.25, -0.2) is 0 Å². The number of carbonyl (C=O) groups is 4. The number of nitrogens with zero attached hydrogens (tertiary/aromatic N) is 2. The zero-order chi connectivity index (χ0) is 15.7. The van der Waals surface area contributed by atoms with Crippen molar-refractivity contribution in [3.05, 3.63) is 0 Å². The summed E-state index contributed by atoms with van der Waals surface area (Å²) in [7, 11) is 0. The van der Waals surface area contributed by atoms with Crippen LogP contribution >= 0.6 is 0 Å². The predicted octanol–water partition coefficient (Wildman–Crippen LogP) is -7.41. The van der Waals surface area contributed by atoms with E-state index in [1.165, 1.54) is 0 Å². The predicted molar refractivity (Wildman–Crippen MR) is 52.9 cm³/mol. The minimum atomic E-state index is -1.53. The largest absolute Gasteiger partial charge is 2.00 e. The molecule has 0 aromatic carbocycles. The van der Waals surface area contributed by atoms with E-state index >= 15 is 0 Å². The van der Waals surface area contributed by atoms with Crippen molar-refractivity contribution in [2.75, 3.05) is 39.3 Å². The maximum absolute atomic E-state index is 10.4. The number of carboxylic acids is 4. The van der Waals surface area contributed by atoms with E-state index in [0.717, 1.165) is 9.80 Å². The second-order valence-electron chi connectivity index (χ2n) is 3.91. The summed E-state index contributed by atoms with van der Waals surface area (Å²) >= 11 is 0. The van der Waals surface area contributed by atoms with Crippen LogP contribution in [0.3, 0.4) is 0 Å². The molecule has 0 spiro atoms. The van der Waals surface area contributed by atoms with Crippen molar-refractivity contribution in [1.29, 1.82) is 0 Å². The van der Waals surface area contributed by atoms with Crippen LogP contribution in [0.1, 0.15) is 0 Å². The Morgan fingerprint density at radius 2 is 0.762 bits per heavy atom. The molecule has 0 fully saturated rings. The summed E-state index contributed by atoms with van der Waals surface area (Å²) in [6.45, 7) is -3.25. The number of rotatable bonds is 11. The first-order valence-electron chi connectivity index (χ1n) is 5.44. The monoisotopic (exact) mass is 394 g/mol. The van der Waals surface area contributed by atoms with Gasteiger partial charge < -0.3 is 39.6 Å². The van der Waals surface area contributed by atoms with Gasteiger partial charge in [-0.05, 0) is 0 Å². The van der Waals surface area contributed by atoms with Crippen LogP contribution in [-0.4, -0.2) is 72.9 Å². The molecule has 0 aromatic heterocycles. The van der Waals surface area contributed by atoms with Gasteiger partial charge in [0, 0.05) is 39.3 Å². The third-order valence-electron chi connectivity index (χ3n) is 2.14. The average Bonchev–Trinajstić information content (AvgIpc) is 2.22. The zero-order valence-electron chi connectivity index (χ0n) is 10.7. The summed E-state index contributed by atoms with van der Waals surface area (Å²) in [5.74, 6) is -6.12. The summed E-state index contributed by atoms with van der Waals surface area (Å²) in [4.78, 5) is 43.4. The van der Waals surface area contributed by atoms with Crippen molar-refractivity contribution in [3.8, 4) is 0 Å². The molecule has 0 heterocycles. The molecule has 0 aromatic rings. The van der Waals surface area contributed by atoms with E-state index in [1.807, 2.05) is 0 Å². The maximum Gasteiger partial charge on any atom is 2.00 e. The van der Waals surface area contributed by atoms with Gasteiger partial charge in [-0.1, -0.05) is 0 Å². The number of carbonyl (C=O) groups excluding carboxylic acids is 4. The SMILES string of the molecule is O=C([O-])CN(CCN(CC(=O)[O-])CC(=O)[O-])CC(=O)[O-].[Pd+2]. The molecule has 0 aliphatic heterocycles. The number of hydrogen-bond acceptors (Lipinski definition) is 10. The van der Waals surface area contributed by atoms with Crippen LogP contribution in [0.25, 0.3) is 0 Å². The number of hydrogen-bond donors (Lipinski definition) is 0. The molecule has 11 heteroatoms. The van der Waals surface area contributed by atoms with Gasteiger partial charge in [-0.2, -0.15) is 0 Å². The molecule has 0 N–H and O–H groups in total. The summed E-state index contributed by atoms with van der Waals surface area (Å²) in [5, 5.41) is 41.6. The molecule has 0 atom stereocenters. The minimum absolute atomic E-state index is 0. The van der Waals surface area contributed by atoms with E-state index in [0.29, 0.717) is 0 Å². The molecule has 0 aliphatic carbocycles. The van der Waals surface area contributed by atoms with Crippen LogP contribution in [0.5, 0.6) is 0 Å². The molecule has 0 aliphatic rings. The number of aliphatic carboxylic acids is 4. The summed E-state index contributed by atoms with van der Waals surface area (Å²) in [5.41, 5.74) is 0. The van der Waals surface area contributed by atoms with Gasteiger partial charge in [0.15, 0.2) is 0 Å². The van der Waals surface area contributed by atoms with Crippen molar-refractivity contribution in [1.82, 2.24) is 9.80 Å². The van der Waals surface area contributed by atoms with Gasteiger partial charge >= 0.3 is 20.4 Å². The molecule has 0 saturated heterocycles. The fraction of sp³-hybridized carbons (Fsp3) is 0.600.